The van der Waals surface area contributed by atoms with Gasteiger partial charge in [-0.05, 0) is 90.9 Å². The number of carbonyl (C=O) groups excluding carboxylic acids is 1. The van der Waals surface area contributed by atoms with Crippen molar-refractivity contribution in [1.29, 1.82) is 0 Å². The minimum Gasteiger partial charge on any atom is -0.496 e. The van der Waals surface area contributed by atoms with Gasteiger partial charge in [-0.15, -0.1) is 16.4 Å². The van der Waals surface area contributed by atoms with E-state index in [0.717, 1.165) is 63.5 Å². The van der Waals surface area contributed by atoms with Gasteiger partial charge in [0.15, 0.2) is 0 Å². The average molecular weight is 675 g/mol. The predicted molar refractivity (Wildman–Crippen MR) is 183 cm³/mol. The van der Waals surface area contributed by atoms with Gasteiger partial charge in [-0.2, -0.15) is 0 Å². The highest BCUT2D eigenvalue weighted by Gasteiger charge is 2.45. The van der Waals surface area contributed by atoms with Gasteiger partial charge < -0.3 is 19.4 Å². The summed E-state index contributed by atoms with van der Waals surface area (Å²) >= 11 is 1.54. The molecule has 2 N–H and O–H groups in total. The average Bonchev–Trinajstić information content (AvgIpc) is 3.95. The Balaban J connectivity index is 1.20. The number of ether oxygens (including phenoxy) is 1. The first kappa shape index (κ1) is 29.8. The third-order valence-electron chi connectivity index (χ3n) is 10.00. The van der Waals surface area contributed by atoms with Gasteiger partial charge in [0.1, 0.15) is 17.4 Å². The fourth-order valence-electron chi connectivity index (χ4n) is 7.78. The number of methoxy groups -OCH3 is 1. The smallest absolute Gasteiger partial charge is 0.434 e. The van der Waals surface area contributed by atoms with E-state index >= 15 is 0 Å². The molecule has 6 aromatic rings. The van der Waals surface area contributed by atoms with E-state index in [0.29, 0.717) is 41.8 Å². The van der Waals surface area contributed by atoms with Crippen molar-refractivity contribution < 1.29 is 18.3 Å². The predicted octanol–water partition coefficient (Wildman–Crippen LogP) is 7.02. The quantitative estimate of drug-likeness (QED) is 0.176. The van der Waals surface area contributed by atoms with Crippen molar-refractivity contribution in [3.63, 3.8) is 0 Å². The summed E-state index contributed by atoms with van der Waals surface area (Å²) in [5, 5.41) is 11.3. The molecule has 10 nitrogen and oxygen atoms in total. The molecular formula is C37H31FN6O4S. The zero-order chi connectivity index (χ0) is 33.2. The second kappa shape index (κ2) is 11.7. The van der Waals surface area contributed by atoms with Crippen LogP contribution in [0.15, 0.2) is 70.0 Å². The molecule has 9 rings (SSSR count). The summed E-state index contributed by atoms with van der Waals surface area (Å²) in [6.07, 6.45) is 6.38. The molecule has 1 saturated heterocycles. The van der Waals surface area contributed by atoms with E-state index < -0.39 is 5.76 Å². The number of pyridine rings is 2. The number of halogens is 1. The fourth-order valence-corrected chi connectivity index (χ4v) is 8.94. The van der Waals surface area contributed by atoms with Crippen LogP contribution < -0.4 is 15.8 Å². The molecule has 246 valence electrons. The van der Waals surface area contributed by atoms with Gasteiger partial charge in [-0.25, -0.2) is 19.3 Å². The van der Waals surface area contributed by atoms with Gasteiger partial charge in [-0.1, -0.05) is 24.3 Å². The normalized spacial score (nSPS) is 17.8. The van der Waals surface area contributed by atoms with Crippen LogP contribution in [0.2, 0.25) is 0 Å². The molecule has 0 radical (unpaired) electrons. The number of aromatic amines is 1. The third-order valence-corrected chi connectivity index (χ3v) is 11.2. The molecular weight excluding hydrogens is 644 g/mol. The van der Waals surface area contributed by atoms with Crippen LogP contribution in [0.5, 0.6) is 5.75 Å². The molecule has 1 fully saturated rings. The lowest BCUT2D eigenvalue weighted by Crippen LogP contribution is -2.22. The zero-order valence-corrected chi connectivity index (χ0v) is 27.4. The lowest BCUT2D eigenvalue weighted by atomic mass is 9.93. The van der Waals surface area contributed by atoms with Crippen molar-refractivity contribution >= 4 is 33.1 Å². The fraction of sp³-hybridized carbons (Fsp3) is 0.270. The first-order valence-corrected chi connectivity index (χ1v) is 17.3. The molecule has 2 aromatic carbocycles. The molecule has 1 aliphatic carbocycles. The van der Waals surface area contributed by atoms with Crippen LogP contribution in [0, 0.1) is 5.82 Å². The lowest BCUT2D eigenvalue weighted by molar-refractivity contribution is 0.0776. The van der Waals surface area contributed by atoms with Crippen molar-refractivity contribution in [2.24, 2.45) is 0 Å². The van der Waals surface area contributed by atoms with Gasteiger partial charge in [0.2, 0.25) is 0 Å². The molecule has 1 amide bonds. The Kier molecular flexibility index (Phi) is 7.08. The molecule has 4 aromatic heterocycles. The summed E-state index contributed by atoms with van der Waals surface area (Å²) in [5.41, 5.74) is 6.48. The van der Waals surface area contributed by atoms with Crippen LogP contribution in [0.1, 0.15) is 69.8 Å². The van der Waals surface area contributed by atoms with Crippen molar-refractivity contribution in [3.05, 3.63) is 111 Å². The van der Waals surface area contributed by atoms with E-state index in [4.69, 9.17) is 19.1 Å². The standard InChI is InChI=1S/C37H31FN6O4S/c1-47-27-6-2-4-22-23(27)12-14-24(22)41-34-33-20(15-16-39-34)18-28(49-33)30-29(35-42-43-37(46)48-35)25(13-9-19-7-10-21(38)11-8-19)40-32-26-5-3-17-44(26)36(45)31(30)32/h2,4,6-8,10-11,15-16,18,24,26H,3,5,9,12-14,17H2,1H3,(H,39,41)(H,43,46)/t24-,26+/m1/s1. The minimum atomic E-state index is -0.696. The number of hydrogen-bond donors (Lipinski definition) is 2. The van der Waals surface area contributed by atoms with E-state index in [-0.39, 0.29) is 29.7 Å². The van der Waals surface area contributed by atoms with E-state index in [2.05, 4.69) is 27.6 Å². The van der Waals surface area contributed by atoms with Gasteiger partial charge in [-0.3, -0.25) is 9.78 Å². The Morgan fingerprint density at radius 3 is 2.78 bits per heavy atom. The number of thiophene rings is 1. The Morgan fingerprint density at radius 2 is 1.96 bits per heavy atom. The van der Waals surface area contributed by atoms with Crippen LogP contribution in [0.25, 0.3) is 32.0 Å². The topological polar surface area (TPSA) is 126 Å². The maximum Gasteiger partial charge on any atom is 0.434 e. The molecule has 0 bridgehead atoms. The highest BCUT2D eigenvalue weighted by atomic mass is 32.1. The van der Waals surface area contributed by atoms with E-state index in [1.54, 1.807) is 25.4 Å². The van der Waals surface area contributed by atoms with Crippen LogP contribution in [-0.4, -0.2) is 44.6 Å². The number of aryl methyl sites for hydroxylation is 2. The molecule has 49 heavy (non-hydrogen) atoms. The summed E-state index contributed by atoms with van der Waals surface area (Å²) in [7, 11) is 1.70. The maximum atomic E-state index is 14.2. The van der Waals surface area contributed by atoms with Gasteiger partial charge in [0.05, 0.1) is 46.4 Å². The van der Waals surface area contributed by atoms with Gasteiger partial charge in [0.25, 0.3) is 11.8 Å². The van der Waals surface area contributed by atoms with Crippen molar-refractivity contribution in [1.82, 2.24) is 25.1 Å². The number of carbonyl (C=O) groups is 1. The second-order valence-corrected chi connectivity index (χ2v) is 13.8. The first-order valence-electron chi connectivity index (χ1n) is 16.5. The zero-order valence-electron chi connectivity index (χ0n) is 26.6. The molecule has 12 heteroatoms. The van der Waals surface area contributed by atoms with Crippen molar-refractivity contribution in [2.45, 2.75) is 50.6 Å². The molecule has 0 saturated carbocycles. The summed E-state index contributed by atoms with van der Waals surface area (Å²) in [6.45, 7) is 0.662. The molecule has 0 unspecified atom stereocenters. The Labute approximate surface area is 284 Å². The number of benzene rings is 2. The SMILES string of the molecule is COc1cccc2c1CC[C@H]2Nc1nccc2cc(-c3c4c(nc(CCc5ccc(F)cc5)c3-c3n[nH]c(=O)o3)[C@@H]3CCCN3C4=O)sc12. The summed E-state index contributed by atoms with van der Waals surface area (Å²) in [4.78, 5) is 39.2. The minimum absolute atomic E-state index is 0.0691. The Hall–Kier alpha value is -5.36. The van der Waals surface area contributed by atoms with Crippen LogP contribution in [0.4, 0.5) is 10.2 Å². The first-order chi connectivity index (χ1) is 24.0. The third kappa shape index (κ3) is 4.92. The maximum absolute atomic E-state index is 14.2. The number of amides is 1. The number of aromatic nitrogens is 4. The summed E-state index contributed by atoms with van der Waals surface area (Å²) < 4.78 is 25.9. The highest BCUT2D eigenvalue weighted by molar-refractivity contribution is 7.23. The highest BCUT2D eigenvalue weighted by Crippen LogP contribution is 2.50. The number of rotatable bonds is 8. The van der Waals surface area contributed by atoms with Crippen LogP contribution in [0.3, 0.4) is 0 Å². The van der Waals surface area contributed by atoms with E-state index in [1.807, 2.05) is 23.1 Å². The molecule has 6 heterocycles. The number of hydrogen-bond acceptors (Lipinski definition) is 9. The van der Waals surface area contributed by atoms with Crippen LogP contribution in [-0.2, 0) is 19.3 Å². The summed E-state index contributed by atoms with van der Waals surface area (Å²) in [6, 6.07) is 16.5. The lowest BCUT2D eigenvalue weighted by Gasteiger charge is -2.16. The summed E-state index contributed by atoms with van der Waals surface area (Å²) in [5.74, 6) is 0.667. The number of anilines is 1. The molecule has 3 aliphatic rings. The van der Waals surface area contributed by atoms with E-state index in [9.17, 15) is 14.0 Å². The monoisotopic (exact) mass is 674 g/mol. The van der Waals surface area contributed by atoms with Crippen molar-refractivity contribution in [2.75, 3.05) is 19.0 Å². The Morgan fingerprint density at radius 1 is 1.08 bits per heavy atom. The molecule has 0 spiro atoms. The van der Waals surface area contributed by atoms with E-state index in [1.165, 1.54) is 34.6 Å². The van der Waals surface area contributed by atoms with Crippen LogP contribution >= 0.6 is 11.3 Å². The van der Waals surface area contributed by atoms with Gasteiger partial charge >= 0.3 is 5.76 Å². The second-order valence-electron chi connectivity index (χ2n) is 12.7. The van der Waals surface area contributed by atoms with Crippen molar-refractivity contribution in [3.8, 4) is 27.6 Å². The largest absolute Gasteiger partial charge is 0.496 e. The number of H-pyrrole nitrogens is 1. The molecule has 2 atom stereocenters. The Bertz CT molecular complexity index is 2330. The van der Waals surface area contributed by atoms with Gasteiger partial charge in [0, 0.05) is 23.2 Å². The molecule has 2 aliphatic heterocycles. The number of nitrogens with zero attached hydrogens (tertiary/aromatic N) is 4. The number of fused-ring (bicyclic) bond motifs is 5. The number of nitrogens with one attached hydrogen (secondary N) is 2.